The minimum atomic E-state index is -4.40. The molecule has 0 saturated heterocycles. The fraction of sp³-hybridized carbons (Fsp3) is 0.150. The fourth-order valence-electron chi connectivity index (χ4n) is 2.41. The van der Waals surface area contributed by atoms with Gasteiger partial charge in [0.1, 0.15) is 5.03 Å². The van der Waals surface area contributed by atoms with Crippen molar-refractivity contribution in [1.29, 1.82) is 0 Å². The zero-order chi connectivity index (χ0) is 20.0. The van der Waals surface area contributed by atoms with E-state index in [-0.39, 0.29) is 18.2 Å². The summed E-state index contributed by atoms with van der Waals surface area (Å²) in [5, 5.41) is 11.4. The van der Waals surface area contributed by atoms with E-state index in [1.165, 1.54) is 23.9 Å². The maximum Gasteiger partial charge on any atom is 0.416 e. The van der Waals surface area contributed by atoms with Crippen molar-refractivity contribution in [2.45, 2.75) is 17.7 Å². The maximum atomic E-state index is 12.7. The molecule has 0 fully saturated rings. The van der Waals surface area contributed by atoms with Crippen LogP contribution in [0.5, 0.6) is 0 Å². The van der Waals surface area contributed by atoms with Gasteiger partial charge in [-0.05, 0) is 29.8 Å². The third kappa shape index (κ3) is 5.56. The molecule has 0 spiro atoms. The number of halogens is 3. The minimum absolute atomic E-state index is 0.0297. The predicted molar refractivity (Wildman–Crippen MR) is 101 cm³/mol. The molecule has 1 heterocycles. The van der Waals surface area contributed by atoms with Crippen LogP contribution in [0.15, 0.2) is 71.8 Å². The highest BCUT2D eigenvalue weighted by atomic mass is 32.2. The molecule has 0 atom stereocenters. The molecule has 8 heteroatoms. The van der Waals surface area contributed by atoms with Gasteiger partial charge in [0.25, 0.3) is 0 Å². The Hall–Kier alpha value is -2.87. The summed E-state index contributed by atoms with van der Waals surface area (Å²) in [7, 11) is 0. The monoisotopic (exact) mass is 403 g/mol. The van der Waals surface area contributed by atoms with Gasteiger partial charge in [0.05, 0.1) is 17.0 Å². The van der Waals surface area contributed by atoms with Crippen molar-refractivity contribution >= 4 is 17.7 Å². The van der Waals surface area contributed by atoms with Crippen LogP contribution in [-0.4, -0.2) is 21.9 Å². The first-order valence-electron chi connectivity index (χ1n) is 8.36. The molecular formula is C20H16F3N3OS. The van der Waals surface area contributed by atoms with Gasteiger partial charge in [-0.2, -0.15) is 13.2 Å². The molecule has 0 aliphatic heterocycles. The molecule has 1 amide bonds. The molecule has 0 aliphatic rings. The van der Waals surface area contributed by atoms with Crippen LogP contribution in [-0.2, 0) is 17.5 Å². The number of nitrogens with one attached hydrogen (secondary N) is 1. The number of nitrogens with zero attached hydrogens (tertiary/aromatic N) is 2. The Morgan fingerprint density at radius 2 is 1.75 bits per heavy atom. The highest BCUT2D eigenvalue weighted by Gasteiger charge is 2.30. The van der Waals surface area contributed by atoms with Crippen LogP contribution in [0.2, 0.25) is 0 Å². The molecule has 0 radical (unpaired) electrons. The number of hydrogen-bond acceptors (Lipinski definition) is 4. The average molecular weight is 403 g/mol. The zero-order valence-electron chi connectivity index (χ0n) is 14.6. The number of rotatable bonds is 6. The Labute approximate surface area is 164 Å². The van der Waals surface area contributed by atoms with Gasteiger partial charge in [0, 0.05) is 12.1 Å². The average Bonchev–Trinajstić information content (AvgIpc) is 2.71. The van der Waals surface area contributed by atoms with E-state index >= 15 is 0 Å². The summed E-state index contributed by atoms with van der Waals surface area (Å²) in [6, 6.07) is 18.1. The molecule has 3 aromatic rings. The number of hydrogen-bond donors (Lipinski definition) is 1. The molecule has 144 valence electrons. The number of carbonyl (C=O) groups is 1. The van der Waals surface area contributed by atoms with Crippen molar-refractivity contribution in [2.75, 3.05) is 5.75 Å². The lowest BCUT2D eigenvalue weighted by atomic mass is 10.1. The van der Waals surface area contributed by atoms with Crippen molar-refractivity contribution in [3.05, 3.63) is 77.9 Å². The van der Waals surface area contributed by atoms with Crippen molar-refractivity contribution in [1.82, 2.24) is 15.5 Å². The van der Waals surface area contributed by atoms with Crippen molar-refractivity contribution in [3.63, 3.8) is 0 Å². The molecule has 0 bridgehead atoms. The van der Waals surface area contributed by atoms with E-state index in [4.69, 9.17) is 0 Å². The third-order valence-electron chi connectivity index (χ3n) is 3.80. The summed E-state index contributed by atoms with van der Waals surface area (Å²) >= 11 is 1.21. The van der Waals surface area contributed by atoms with Crippen LogP contribution < -0.4 is 5.32 Å². The second-order valence-corrected chi connectivity index (χ2v) is 6.88. The zero-order valence-corrected chi connectivity index (χ0v) is 15.4. The number of thioether (sulfide) groups is 1. The summed E-state index contributed by atoms with van der Waals surface area (Å²) in [4.78, 5) is 12.0. The number of alkyl halides is 3. The summed E-state index contributed by atoms with van der Waals surface area (Å²) in [6.45, 7) is 0.0297. The van der Waals surface area contributed by atoms with E-state index in [2.05, 4.69) is 15.5 Å². The minimum Gasteiger partial charge on any atom is -0.351 e. The van der Waals surface area contributed by atoms with Crippen molar-refractivity contribution in [2.24, 2.45) is 0 Å². The largest absolute Gasteiger partial charge is 0.416 e. The third-order valence-corrected chi connectivity index (χ3v) is 4.72. The number of amides is 1. The predicted octanol–water partition coefficient (Wildman–Crippen LogP) is 4.57. The van der Waals surface area contributed by atoms with Gasteiger partial charge < -0.3 is 5.32 Å². The quantitative estimate of drug-likeness (QED) is 0.613. The molecule has 3 rings (SSSR count). The summed E-state index contributed by atoms with van der Waals surface area (Å²) < 4.78 is 38.1. The summed E-state index contributed by atoms with van der Waals surface area (Å²) in [6.07, 6.45) is -4.40. The van der Waals surface area contributed by atoms with Gasteiger partial charge in [-0.1, -0.05) is 54.2 Å². The van der Waals surface area contributed by atoms with Crippen LogP contribution >= 0.6 is 11.8 Å². The van der Waals surface area contributed by atoms with Crippen LogP contribution in [0.1, 0.15) is 11.1 Å². The lowest BCUT2D eigenvalue weighted by Crippen LogP contribution is -2.24. The van der Waals surface area contributed by atoms with Gasteiger partial charge in [0.15, 0.2) is 0 Å². The van der Waals surface area contributed by atoms with Gasteiger partial charge in [-0.3, -0.25) is 4.79 Å². The molecule has 2 aromatic carbocycles. The van der Waals surface area contributed by atoms with E-state index in [1.807, 2.05) is 36.4 Å². The highest BCUT2D eigenvalue weighted by molar-refractivity contribution is 7.99. The highest BCUT2D eigenvalue weighted by Crippen LogP contribution is 2.29. The van der Waals surface area contributed by atoms with Crippen LogP contribution in [0.25, 0.3) is 11.3 Å². The Balaban J connectivity index is 1.49. The van der Waals surface area contributed by atoms with Crippen molar-refractivity contribution < 1.29 is 18.0 Å². The normalized spacial score (nSPS) is 11.2. The smallest absolute Gasteiger partial charge is 0.351 e. The van der Waals surface area contributed by atoms with Crippen LogP contribution in [0, 0.1) is 0 Å². The number of carbonyl (C=O) groups excluding carboxylic acids is 1. The van der Waals surface area contributed by atoms with E-state index < -0.39 is 11.7 Å². The van der Waals surface area contributed by atoms with Gasteiger partial charge >= 0.3 is 6.18 Å². The van der Waals surface area contributed by atoms with E-state index in [1.54, 1.807) is 6.07 Å². The second kappa shape index (κ2) is 8.88. The molecule has 0 saturated carbocycles. The first-order chi connectivity index (χ1) is 13.4. The number of aromatic nitrogens is 2. The first-order valence-corrected chi connectivity index (χ1v) is 9.35. The molecule has 0 unspecified atom stereocenters. The van der Waals surface area contributed by atoms with E-state index in [9.17, 15) is 18.0 Å². The van der Waals surface area contributed by atoms with E-state index in [0.29, 0.717) is 10.6 Å². The lowest BCUT2D eigenvalue weighted by Gasteiger charge is -2.09. The maximum absolute atomic E-state index is 12.7. The lowest BCUT2D eigenvalue weighted by molar-refractivity contribution is -0.137. The SMILES string of the molecule is O=C(CSc1ccc(-c2ccccc2)nn1)NCc1cccc(C(F)(F)F)c1. The molecule has 28 heavy (non-hydrogen) atoms. The first kappa shape index (κ1) is 19.9. The van der Waals surface area contributed by atoms with E-state index in [0.717, 1.165) is 23.4 Å². The van der Waals surface area contributed by atoms with Crippen LogP contribution in [0.4, 0.5) is 13.2 Å². The Morgan fingerprint density at radius 3 is 2.43 bits per heavy atom. The van der Waals surface area contributed by atoms with Crippen LogP contribution in [0.3, 0.4) is 0 Å². The molecule has 4 nitrogen and oxygen atoms in total. The van der Waals surface area contributed by atoms with Crippen molar-refractivity contribution in [3.8, 4) is 11.3 Å². The summed E-state index contributed by atoms with van der Waals surface area (Å²) in [5.41, 5.74) is 1.34. The van der Waals surface area contributed by atoms with Gasteiger partial charge in [-0.15, -0.1) is 10.2 Å². The van der Waals surface area contributed by atoms with Gasteiger partial charge in [-0.25, -0.2) is 0 Å². The molecular weight excluding hydrogens is 387 g/mol. The van der Waals surface area contributed by atoms with Gasteiger partial charge in [0.2, 0.25) is 5.91 Å². The Bertz CT molecular complexity index is 931. The molecule has 1 N–H and O–H groups in total. The fourth-order valence-corrected chi connectivity index (χ4v) is 3.05. The number of benzene rings is 2. The standard InChI is InChI=1S/C20H16F3N3OS/c21-20(22,23)16-8-4-5-14(11-16)12-24-18(27)13-28-19-10-9-17(25-26-19)15-6-2-1-3-7-15/h1-11H,12-13H2,(H,24,27). The Morgan fingerprint density at radius 1 is 0.964 bits per heavy atom. The topological polar surface area (TPSA) is 54.9 Å². The summed E-state index contributed by atoms with van der Waals surface area (Å²) in [5.74, 6) is -0.199. The Kier molecular flexibility index (Phi) is 6.30. The molecule has 0 aliphatic carbocycles. The second-order valence-electron chi connectivity index (χ2n) is 5.89. The molecule has 1 aromatic heterocycles.